The van der Waals surface area contributed by atoms with Crippen LogP contribution in [-0.4, -0.2) is 24.0 Å². The molecule has 0 aliphatic heterocycles. The summed E-state index contributed by atoms with van der Waals surface area (Å²) in [5.41, 5.74) is 3.23. The number of amides is 1. The summed E-state index contributed by atoms with van der Waals surface area (Å²) in [6, 6.07) is 12.2. The van der Waals surface area contributed by atoms with Crippen LogP contribution < -0.4 is 10.1 Å². The van der Waals surface area contributed by atoms with Gasteiger partial charge in [0.05, 0.1) is 10.7 Å². The molecule has 1 amide bonds. The molecule has 0 radical (unpaired) electrons. The largest absolute Gasteiger partial charge is 0.484 e. The molecule has 27 heavy (non-hydrogen) atoms. The fourth-order valence-corrected chi connectivity index (χ4v) is 3.38. The Hall–Kier alpha value is -2.44. The number of rotatable bonds is 7. The fraction of sp³-hybridized carbons (Fsp3) is 0.200. The number of carbonyl (C=O) groups excluding carboxylic acids is 1. The van der Waals surface area contributed by atoms with Crippen molar-refractivity contribution in [3.8, 4) is 16.3 Å². The van der Waals surface area contributed by atoms with E-state index in [9.17, 15) is 9.18 Å². The standard InChI is InChI=1S/C20H18ClFN2O2S/c1-13-2-4-14(5-3-13)20-24-15(12-27-20)8-9-23-19(25)11-26-16-6-7-18(22)17(21)10-16/h2-7,10,12H,8-9,11H2,1H3,(H,23,25). The third-order valence-corrected chi connectivity index (χ3v) is 5.04. The van der Waals surface area contributed by atoms with E-state index in [0.29, 0.717) is 18.7 Å². The molecule has 0 atom stereocenters. The Balaban J connectivity index is 1.43. The van der Waals surface area contributed by atoms with Crippen molar-refractivity contribution in [2.45, 2.75) is 13.3 Å². The first-order chi connectivity index (χ1) is 13.0. The van der Waals surface area contributed by atoms with Gasteiger partial charge in [0.25, 0.3) is 5.91 Å². The Morgan fingerprint density at radius 3 is 2.78 bits per heavy atom. The molecule has 3 aromatic rings. The molecular formula is C20H18ClFN2O2S. The van der Waals surface area contributed by atoms with Crippen molar-refractivity contribution in [2.75, 3.05) is 13.2 Å². The van der Waals surface area contributed by atoms with E-state index >= 15 is 0 Å². The van der Waals surface area contributed by atoms with Crippen LogP contribution in [0.3, 0.4) is 0 Å². The van der Waals surface area contributed by atoms with E-state index in [-0.39, 0.29) is 17.5 Å². The molecule has 0 aliphatic rings. The Morgan fingerprint density at radius 1 is 1.26 bits per heavy atom. The summed E-state index contributed by atoms with van der Waals surface area (Å²) in [5.74, 6) is -0.440. The van der Waals surface area contributed by atoms with E-state index in [1.54, 1.807) is 11.3 Å². The highest BCUT2D eigenvalue weighted by Crippen LogP contribution is 2.24. The van der Waals surface area contributed by atoms with Crippen LogP contribution in [0.15, 0.2) is 47.8 Å². The molecule has 7 heteroatoms. The molecule has 0 aliphatic carbocycles. The SMILES string of the molecule is Cc1ccc(-c2nc(CCNC(=O)COc3ccc(F)c(Cl)c3)cs2)cc1. The number of halogens is 2. The third-order valence-electron chi connectivity index (χ3n) is 3.81. The van der Waals surface area contributed by atoms with Crippen molar-refractivity contribution in [3.05, 3.63) is 69.9 Å². The lowest BCUT2D eigenvalue weighted by Gasteiger charge is -2.07. The van der Waals surface area contributed by atoms with Gasteiger partial charge < -0.3 is 10.1 Å². The van der Waals surface area contributed by atoms with Crippen molar-refractivity contribution in [1.82, 2.24) is 10.3 Å². The van der Waals surface area contributed by atoms with Crippen LogP contribution in [-0.2, 0) is 11.2 Å². The summed E-state index contributed by atoms with van der Waals surface area (Å²) in [5, 5.41) is 5.70. The number of nitrogens with one attached hydrogen (secondary N) is 1. The molecular weight excluding hydrogens is 387 g/mol. The van der Waals surface area contributed by atoms with Crippen LogP contribution in [0.2, 0.25) is 5.02 Å². The Labute approximate surface area is 166 Å². The van der Waals surface area contributed by atoms with Gasteiger partial charge >= 0.3 is 0 Å². The Bertz CT molecular complexity index is 928. The predicted molar refractivity (Wildman–Crippen MR) is 106 cm³/mol. The summed E-state index contributed by atoms with van der Waals surface area (Å²) < 4.78 is 18.4. The van der Waals surface area contributed by atoms with Crippen LogP contribution in [0.4, 0.5) is 4.39 Å². The van der Waals surface area contributed by atoms with Gasteiger partial charge in [0.2, 0.25) is 0 Å². The van der Waals surface area contributed by atoms with Gasteiger partial charge in [0.1, 0.15) is 16.6 Å². The third kappa shape index (κ3) is 5.52. The van der Waals surface area contributed by atoms with Crippen LogP contribution in [0, 0.1) is 12.7 Å². The minimum absolute atomic E-state index is 0.0409. The second-order valence-corrected chi connectivity index (χ2v) is 7.24. The lowest BCUT2D eigenvalue weighted by molar-refractivity contribution is -0.123. The van der Waals surface area contributed by atoms with Gasteiger partial charge in [-0.3, -0.25) is 4.79 Å². The fourth-order valence-electron chi connectivity index (χ4n) is 2.35. The number of hydrogen-bond donors (Lipinski definition) is 1. The highest BCUT2D eigenvalue weighted by molar-refractivity contribution is 7.13. The number of ether oxygens (including phenoxy) is 1. The van der Waals surface area contributed by atoms with E-state index in [1.165, 1.54) is 23.8 Å². The smallest absolute Gasteiger partial charge is 0.257 e. The van der Waals surface area contributed by atoms with Gasteiger partial charge in [-0.2, -0.15) is 0 Å². The molecule has 1 N–H and O–H groups in total. The van der Waals surface area contributed by atoms with Crippen molar-refractivity contribution in [3.63, 3.8) is 0 Å². The highest BCUT2D eigenvalue weighted by atomic mass is 35.5. The van der Waals surface area contributed by atoms with Crippen molar-refractivity contribution in [2.24, 2.45) is 0 Å². The van der Waals surface area contributed by atoms with Gasteiger partial charge in [-0.05, 0) is 19.1 Å². The second kappa shape index (κ2) is 8.97. The number of hydrogen-bond acceptors (Lipinski definition) is 4. The number of thiazole rings is 1. The Morgan fingerprint density at radius 2 is 2.04 bits per heavy atom. The highest BCUT2D eigenvalue weighted by Gasteiger charge is 2.07. The first kappa shape index (κ1) is 19.3. The maximum Gasteiger partial charge on any atom is 0.257 e. The predicted octanol–water partition coefficient (Wildman–Crippen LogP) is 4.65. The molecule has 1 aromatic heterocycles. The van der Waals surface area contributed by atoms with Gasteiger partial charge in [-0.25, -0.2) is 9.37 Å². The van der Waals surface area contributed by atoms with Crippen molar-refractivity contribution >= 4 is 28.8 Å². The minimum Gasteiger partial charge on any atom is -0.484 e. The van der Waals surface area contributed by atoms with Crippen LogP contribution >= 0.6 is 22.9 Å². The quantitative estimate of drug-likeness (QED) is 0.623. The molecule has 0 spiro atoms. The second-order valence-electron chi connectivity index (χ2n) is 5.97. The number of carbonyl (C=O) groups is 1. The summed E-state index contributed by atoms with van der Waals surface area (Å²) in [6.45, 7) is 2.35. The van der Waals surface area contributed by atoms with Crippen LogP contribution in [0.5, 0.6) is 5.75 Å². The van der Waals surface area contributed by atoms with Gasteiger partial charge in [-0.1, -0.05) is 41.4 Å². The average Bonchev–Trinajstić information content (AvgIpc) is 3.12. The van der Waals surface area contributed by atoms with Gasteiger partial charge in [0.15, 0.2) is 6.61 Å². The zero-order chi connectivity index (χ0) is 19.2. The topological polar surface area (TPSA) is 51.2 Å². The normalized spacial score (nSPS) is 10.6. The molecule has 0 unspecified atom stereocenters. The number of nitrogens with zero attached hydrogens (tertiary/aromatic N) is 1. The molecule has 0 saturated heterocycles. The molecule has 1 heterocycles. The molecule has 140 valence electrons. The molecule has 3 rings (SSSR count). The number of benzene rings is 2. The maximum atomic E-state index is 13.1. The lowest BCUT2D eigenvalue weighted by atomic mass is 10.2. The van der Waals surface area contributed by atoms with Crippen molar-refractivity contribution < 1.29 is 13.9 Å². The van der Waals surface area contributed by atoms with Crippen LogP contribution in [0.1, 0.15) is 11.3 Å². The Kier molecular flexibility index (Phi) is 6.42. The molecule has 0 bridgehead atoms. The molecule has 0 fully saturated rings. The summed E-state index contributed by atoms with van der Waals surface area (Å²) >= 11 is 7.26. The summed E-state index contributed by atoms with van der Waals surface area (Å²) in [6.07, 6.45) is 0.635. The van der Waals surface area contributed by atoms with Crippen molar-refractivity contribution in [1.29, 1.82) is 0 Å². The van der Waals surface area contributed by atoms with E-state index in [0.717, 1.165) is 16.3 Å². The summed E-state index contributed by atoms with van der Waals surface area (Å²) in [4.78, 5) is 16.5. The maximum absolute atomic E-state index is 13.1. The average molecular weight is 405 g/mol. The molecule has 4 nitrogen and oxygen atoms in total. The van der Waals surface area contributed by atoms with Gasteiger partial charge in [-0.15, -0.1) is 11.3 Å². The molecule has 0 saturated carbocycles. The zero-order valence-corrected chi connectivity index (χ0v) is 16.2. The summed E-state index contributed by atoms with van der Waals surface area (Å²) in [7, 11) is 0. The van der Waals surface area contributed by atoms with E-state index in [1.807, 2.05) is 12.3 Å². The monoisotopic (exact) mass is 404 g/mol. The zero-order valence-electron chi connectivity index (χ0n) is 14.7. The minimum atomic E-state index is -0.526. The first-order valence-corrected chi connectivity index (χ1v) is 9.63. The lowest BCUT2D eigenvalue weighted by Crippen LogP contribution is -2.30. The number of aryl methyl sites for hydroxylation is 1. The van der Waals surface area contributed by atoms with E-state index in [2.05, 4.69) is 34.6 Å². The first-order valence-electron chi connectivity index (χ1n) is 8.37. The van der Waals surface area contributed by atoms with Gasteiger partial charge in [0, 0.05) is 30.0 Å². The van der Waals surface area contributed by atoms with Crippen LogP contribution in [0.25, 0.3) is 10.6 Å². The van der Waals surface area contributed by atoms with E-state index < -0.39 is 5.82 Å². The number of aromatic nitrogens is 1. The molecule has 2 aromatic carbocycles. The van der Waals surface area contributed by atoms with E-state index in [4.69, 9.17) is 16.3 Å².